The third kappa shape index (κ3) is 4.95. The maximum absolute atomic E-state index is 9.63. The quantitative estimate of drug-likeness (QED) is 0.785. The molecule has 2 N–H and O–H groups in total. The molecule has 0 amide bonds. The molecule has 0 aromatic carbocycles. The second kappa shape index (κ2) is 8.66. The highest BCUT2D eigenvalue weighted by Gasteiger charge is 2.37. The number of ether oxygens (including phenoxy) is 1. The normalized spacial score (nSPS) is 34.9. The lowest BCUT2D eigenvalue weighted by Gasteiger charge is -2.46. The standard InChI is InChI=1S/C20H37N3O2/c24-18-3-11-23(12-4-18)17-13-20(14-17)25-19-5-9-22(10-6-19)15-16-1-7-21-8-2-16/h16-21,24H,1-15H2. The molecule has 4 aliphatic rings. The van der Waals surface area contributed by atoms with Crippen LogP contribution in [-0.4, -0.2) is 85.1 Å². The molecule has 3 aliphatic heterocycles. The Hall–Kier alpha value is -0.200. The van der Waals surface area contributed by atoms with Gasteiger partial charge < -0.3 is 20.1 Å². The zero-order chi connectivity index (χ0) is 17.1. The summed E-state index contributed by atoms with van der Waals surface area (Å²) in [5.41, 5.74) is 0. The van der Waals surface area contributed by atoms with Crippen molar-refractivity contribution in [1.82, 2.24) is 15.1 Å². The fraction of sp³-hybridized carbons (Fsp3) is 1.00. The van der Waals surface area contributed by atoms with E-state index in [1.54, 1.807) is 0 Å². The lowest BCUT2D eigenvalue weighted by molar-refractivity contribution is -0.109. The van der Waals surface area contributed by atoms with E-state index >= 15 is 0 Å². The zero-order valence-electron chi connectivity index (χ0n) is 15.7. The Labute approximate surface area is 153 Å². The molecule has 0 aromatic rings. The first-order chi connectivity index (χ1) is 12.3. The van der Waals surface area contributed by atoms with Gasteiger partial charge in [-0.25, -0.2) is 0 Å². The van der Waals surface area contributed by atoms with Crippen LogP contribution in [0.1, 0.15) is 51.4 Å². The monoisotopic (exact) mass is 351 g/mol. The Morgan fingerprint density at radius 2 is 1.52 bits per heavy atom. The van der Waals surface area contributed by atoms with E-state index < -0.39 is 0 Å². The average Bonchev–Trinajstić information content (AvgIpc) is 2.61. The van der Waals surface area contributed by atoms with Crippen molar-refractivity contribution in [3.63, 3.8) is 0 Å². The Balaban J connectivity index is 1.10. The molecule has 25 heavy (non-hydrogen) atoms. The molecule has 0 spiro atoms. The van der Waals surface area contributed by atoms with Crippen LogP contribution in [0.5, 0.6) is 0 Å². The Morgan fingerprint density at radius 3 is 2.20 bits per heavy atom. The van der Waals surface area contributed by atoms with E-state index in [4.69, 9.17) is 4.74 Å². The van der Waals surface area contributed by atoms with Crippen molar-refractivity contribution in [1.29, 1.82) is 0 Å². The molecule has 0 atom stereocenters. The summed E-state index contributed by atoms with van der Waals surface area (Å²) >= 11 is 0. The van der Waals surface area contributed by atoms with Gasteiger partial charge in [0.2, 0.25) is 0 Å². The van der Waals surface area contributed by atoms with Crippen LogP contribution in [-0.2, 0) is 4.74 Å². The fourth-order valence-corrected chi connectivity index (χ4v) is 5.13. The smallest absolute Gasteiger partial charge is 0.0608 e. The van der Waals surface area contributed by atoms with E-state index in [0.717, 1.165) is 37.9 Å². The van der Waals surface area contributed by atoms with Gasteiger partial charge in [-0.05, 0) is 70.4 Å². The van der Waals surface area contributed by atoms with Crippen LogP contribution in [0.25, 0.3) is 0 Å². The van der Waals surface area contributed by atoms with Crippen LogP contribution < -0.4 is 5.32 Å². The minimum atomic E-state index is -0.0570. The second-order valence-corrected chi connectivity index (χ2v) is 8.84. The van der Waals surface area contributed by atoms with Crippen LogP contribution in [0.4, 0.5) is 0 Å². The first-order valence-electron chi connectivity index (χ1n) is 10.8. The summed E-state index contributed by atoms with van der Waals surface area (Å²) in [6.07, 6.45) is 10.4. The van der Waals surface area contributed by atoms with Gasteiger partial charge in [-0.15, -0.1) is 0 Å². The highest BCUT2D eigenvalue weighted by atomic mass is 16.5. The maximum Gasteiger partial charge on any atom is 0.0608 e. The number of likely N-dealkylation sites (tertiary alicyclic amines) is 2. The number of nitrogens with one attached hydrogen (secondary N) is 1. The molecule has 3 saturated heterocycles. The molecule has 5 nitrogen and oxygen atoms in total. The summed E-state index contributed by atoms with van der Waals surface area (Å²) in [5.74, 6) is 0.911. The molecule has 3 heterocycles. The number of nitrogens with zero attached hydrogens (tertiary/aromatic N) is 2. The van der Waals surface area contributed by atoms with Gasteiger partial charge in [0.15, 0.2) is 0 Å². The molecule has 5 heteroatoms. The minimum Gasteiger partial charge on any atom is -0.393 e. The number of hydrogen-bond donors (Lipinski definition) is 2. The zero-order valence-corrected chi connectivity index (χ0v) is 15.7. The van der Waals surface area contributed by atoms with Crippen LogP contribution in [0.3, 0.4) is 0 Å². The summed E-state index contributed by atoms with van der Waals surface area (Å²) in [7, 11) is 0. The number of piperidine rings is 3. The summed E-state index contributed by atoms with van der Waals surface area (Å²) in [6.45, 7) is 8.34. The van der Waals surface area contributed by atoms with Crippen LogP contribution in [0.15, 0.2) is 0 Å². The highest BCUT2D eigenvalue weighted by molar-refractivity contribution is 4.91. The van der Waals surface area contributed by atoms with Gasteiger partial charge in [0.05, 0.1) is 18.3 Å². The molecular weight excluding hydrogens is 314 g/mol. The van der Waals surface area contributed by atoms with Gasteiger partial charge in [-0.1, -0.05) is 0 Å². The Morgan fingerprint density at radius 1 is 0.840 bits per heavy atom. The summed E-state index contributed by atoms with van der Waals surface area (Å²) in [5, 5.41) is 13.1. The number of aliphatic hydroxyl groups is 1. The van der Waals surface area contributed by atoms with Crippen molar-refractivity contribution in [3.05, 3.63) is 0 Å². The third-order valence-corrected chi connectivity index (χ3v) is 6.98. The van der Waals surface area contributed by atoms with Gasteiger partial charge in [-0.3, -0.25) is 4.90 Å². The summed E-state index contributed by atoms with van der Waals surface area (Å²) in [6, 6.07) is 0.720. The van der Waals surface area contributed by atoms with Crippen molar-refractivity contribution in [2.75, 3.05) is 45.8 Å². The van der Waals surface area contributed by atoms with Crippen molar-refractivity contribution in [2.24, 2.45) is 5.92 Å². The molecule has 0 unspecified atom stereocenters. The SMILES string of the molecule is OC1CCN(C2CC(OC3CCN(CC4CCNCC4)CC3)C2)CC1. The molecule has 4 rings (SSSR count). The molecule has 0 bridgehead atoms. The lowest BCUT2D eigenvalue weighted by Crippen LogP contribution is -2.52. The van der Waals surface area contributed by atoms with Gasteiger partial charge in [0, 0.05) is 38.8 Å². The van der Waals surface area contributed by atoms with Crippen LogP contribution in [0.2, 0.25) is 0 Å². The van der Waals surface area contributed by atoms with E-state index in [1.165, 1.54) is 71.2 Å². The Bertz CT molecular complexity index is 394. The van der Waals surface area contributed by atoms with Gasteiger partial charge in [0.25, 0.3) is 0 Å². The van der Waals surface area contributed by atoms with E-state index in [2.05, 4.69) is 15.1 Å². The van der Waals surface area contributed by atoms with Crippen molar-refractivity contribution < 1.29 is 9.84 Å². The van der Waals surface area contributed by atoms with Gasteiger partial charge in [0.1, 0.15) is 0 Å². The minimum absolute atomic E-state index is 0.0570. The Kier molecular flexibility index (Phi) is 6.30. The van der Waals surface area contributed by atoms with E-state index in [1.807, 2.05) is 0 Å². The van der Waals surface area contributed by atoms with Gasteiger partial charge in [-0.2, -0.15) is 0 Å². The van der Waals surface area contributed by atoms with Crippen molar-refractivity contribution >= 4 is 0 Å². The molecule has 0 radical (unpaired) electrons. The first-order valence-corrected chi connectivity index (χ1v) is 10.8. The van der Waals surface area contributed by atoms with E-state index in [0.29, 0.717) is 12.2 Å². The largest absolute Gasteiger partial charge is 0.393 e. The second-order valence-electron chi connectivity index (χ2n) is 8.84. The molecule has 1 aliphatic carbocycles. The highest BCUT2D eigenvalue weighted by Crippen LogP contribution is 2.32. The molecule has 1 saturated carbocycles. The number of aliphatic hydroxyl groups excluding tert-OH is 1. The van der Waals surface area contributed by atoms with E-state index in [-0.39, 0.29) is 6.10 Å². The van der Waals surface area contributed by atoms with E-state index in [9.17, 15) is 5.11 Å². The third-order valence-electron chi connectivity index (χ3n) is 6.98. The number of hydrogen-bond acceptors (Lipinski definition) is 5. The summed E-state index contributed by atoms with van der Waals surface area (Å²) in [4.78, 5) is 5.26. The summed E-state index contributed by atoms with van der Waals surface area (Å²) < 4.78 is 6.40. The van der Waals surface area contributed by atoms with Crippen molar-refractivity contribution in [2.45, 2.75) is 75.7 Å². The predicted octanol–water partition coefficient (Wildman–Crippen LogP) is 1.45. The maximum atomic E-state index is 9.63. The fourth-order valence-electron chi connectivity index (χ4n) is 5.13. The average molecular weight is 352 g/mol. The predicted molar refractivity (Wildman–Crippen MR) is 99.8 cm³/mol. The molecular formula is C20H37N3O2. The molecule has 144 valence electrons. The molecule has 0 aromatic heterocycles. The molecule has 4 fully saturated rings. The lowest BCUT2D eigenvalue weighted by atomic mass is 9.86. The topological polar surface area (TPSA) is 48.0 Å². The van der Waals surface area contributed by atoms with Crippen molar-refractivity contribution in [3.8, 4) is 0 Å². The van der Waals surface area contributed by atoms with Gasteiger partial charge >= 0.3 is 0 Å². The number of rotatable bonds is 5. The van der Waals surface area contributed by atoms with Crippen LogP contribution in [0, 0.1) is 5.92 Å². The van der Waals surface area contributed by atoms with Crippen LogP contribution >= 0.6 is 0 Å². The first kappa shape index (κ1) is 18.2.